The first-order chi connectivity index (χ1) is 10.1. The second-order valence-electron chi connectivity index (χ2n) is 5.53. The normalized spacial score (nSPS) is 16.8. The van der Waals surface area contributed by atoms with Crippen molar-refractivity contribution in [3.05, 3.63) is 47.5 Å². The first-order valence-electron chi connectivity index (χ1n) is 7.28. The zero-order valence-electron chi connectivity index (χ0n) is 12.0. The number of nitrogens with one attached hydrogen (secondary N) is 1. The Morgan fingerprint density at radius 2 is 2.00 bits per heavy atom. The van der Waals surface area contributed by atoms with E-state index < -0.39 is 15.1 Å². The molecule has 1 saturated carbocycles. The number of nitrogens with zero attached hydrogens (tertiary/aromatic N) is 2. The van der Waals surface area contributed by atoms with Crippen molar-refractivity contribution >= 4 is 9.84 Å². The summed E-state index contributed by atoms with van der Waals surface area (Å²) in [6, 6.07) is 9.35. The SMILES string of the molecule is CCC(c1ccccc1)S(=O)(=O)Cc1nc(C2CC2)n[nH]1. The minimum absolute atomic E-state index is 0.0832. The average molecular weight is 305 g/mol. The minimum atomic E-state index is -3.30. The Hall–Kier alpha value is -1.69. The molecule has 1 aliphatic carbocycles. The minimum Gasteiger partial charge on any atom is -0.262 e. The van der Waals surface area contributed by atoms with Crippen LogP contribution in [-0.4, -0.2) is 23.6 Å². The molecule has 2 aromatic rings. The van der Waals surface area contributed by atoms with Crippen LogP contribution in [0.4, 0.5) is 0 Å². The van der Waals surface area contributed by atoms with Crippen molar-refractivity contribution in [2.24, 2.45) is 0 Å². The van der Waals surface area contributed by atoms with Crippen LogP contribution < -0.4 is 0 Å². The van der Waals surface area contributed by atoms with Gasteiger partial charge in [0.1, 0.15) is 11.6 Å². The number of benzene rings is 1. The number of hydrogen-bond donors (Lipinski definition) is 1. The van der Waals surface area contributed by atoms with E-state index in [2.05, 4.69) is 15.2 Å². The highest BCUT2D eigenvalue weighted by atomic mass is 32.2. The predicted octanol–water partition coefficient (Wildman–Crippen LogP) is 2.75. The summed E-state index contributed by atoms with van der Waals surface area (Å²) in [4.78, 5) is 4.32. The lowest BCUT2D eigenvalue weighted by Crippen LogP contribution is -2.15. The largest absolute Gasteiger partial charge is 0.262 e. The topological polar surface area (TPSA) is 75.7 Å². The van der Waals surface area contributed by atoms with E-state index in [-0.39, 0.29) is 5.75 Å². The summed E-state index contributed by atoms with van der Waals surface area (Å²) >= 11 is 0. The molecule has 0 bridgehead atoms. The van der Waals surface area contributed by atoms with Gasteiger partial charge in [0.15, 0.2) is 15.7 Å². The summed E-state index contributed by atoms with van der Waals surface area (Å²) in [5.74, 6) is 1.55. The lowest BCUT2D eigenvalue weighted by Gasteiger charge is -2.15. The highest BCUT2D eigenvalue weighted by molar-refractivity contribution is 7.90. The quantitative estimate of drug-likeness (QED) is 0.890. The van der Waals surface area contributed by atoms with E-state index in [1.807, 2.05) is 37.3 Å². The highest BCUT2D eigenvalue weighted by Crippen LogP contribution is 2.38. The Bertz CT molecular complexity index is 706. The maximum Gasteiger partial charge on any atom is 0.164 e. The molecule has 112 valence electrons. The molecule has 3 rings (SSSR count). The van der Waals surface area contributed by atoms with Crippen molar-refractivity contribution in [1.82, 2.24) is 15.2 Å². The van der Waals surface area contributed by atoms with Crippen LogP contribution in [0.1, 0.15) is 54.6 Å². The molecule has 1 unspecified atom stereocenters. The molecule has 0 aliphatic heterocycles. The molecule has 1 fully saturated rings. The van der Waals surface area contributed by atoms with Crippen LogP contribution >= 0.6 is 0 Å². The average Bonchev–Trinajstić information content (AvgIpc) is 3.21. The van der Waals surface area contributed by atoms with Gasteiger partial charge >= 0.3 is 0 Å². The van der Waals surface area contributed by atoms with Crippen LogP contribution in [0.3, 0.4) is 0 Å². The number of hydrogen-bond acceptors (Lipinski definition) is 4. The van der Waals surface area contributed by atoms with E-state index in [0.29, 0.717) is 18.2 Å². The van der Waals surface area contributed by atoms with Gasteiger partial charge in [-0.2, -0.15) is 5.10 Å². The van der Waals surface area contributed by atoms with Gasteiger partial charge in [-0.3, -0.25) is 5.10 Å². The summed E-state index contributed by atoms with van der Waals surface area (Å²) in [6.45, 7) is 1.89. The van der Waals surface area contributed by atoms with Crippen molar-refractivity contribution in [3.63, 3.8) is 0 Å². The standard InChI is InChI=1S/C15H19N3O2S/c1-2-13(11-6-4-3-5-7-11)21(19,20)10-14-16-15(18-17-14)12-8-9-12/h3-7,12-13H,2,8-10H2,1H3,(H,16,17,18). The third kappa shape index (κ3) is 3.15. The first-order valence-corrected chi connectivity index (χ1v) is 8.99. The van der Waals surface area contributed by atoms with Gasteiger partial charge in [0, 0.05) is 5.92 Å². The maximum atomic E-state index is 12.6. The molecule has 1 aliphatic rings. The number of aromatic amines is 1. The summed E-state index contributed by atoms with van der Waals surface area (Å²) in [7, 11) is -3.30. The Balaban J connectivity index is 1.80. The van der Waals surface area contributed by atoms with Gasteiger partial charge in [0.25, 0.3) is 0 Å². The fourth-order valence-electron chi connectivity index (χ4n) is 2.55. The van der Waals surface area contributed by atoms with Crippen LogP contribution in [-0.2, 0) is 15.6 Å². The zero-order chi connectivity index (χ0) is 14.9. The lowest BCUT2D eigenvalue weighted by atomic mass is 10.1. The monoisotopic (exact) mass is 305 g/mol. The molecule has 0 spiro atoms. The summed E-state index contributed by atoms with van der Waals surface area (Å²) in [5, 5.41) is 6.40. The molecule has 0 radical (unpaired) electrons. The van der Waals surface area contributed by atoms with E-state index in [1.165, 1.54) is 0 Å². The van der Waals surface area contributed by atoms with E-state index in [1.54, 1.807) is 0 Å². The smallest absolute Gasteiger partial charge is 0.164 e. The van der Waals surface area contributed by atoms with Crippen molar-refractivity contribution in [3.8, 4) is 0 Å². The Morgan fingerprint density at radius 3 is 2.62 bits per heavy atom. The lowest BCUT2D eigenvalue weighted by molar-refractivity contribution is 0.577. The molecular weight excluding hydrogens is 286 g/mol. The first kappa shape index (κ1) is 14.3. The second-order valence-corrected chi connectivity index (χ2v) is 7.71. The molecule has 0 saturated heterocycles. The van der Waals surface area contributed by atoms with Gasteiger partial charge in [0.05, 0.1) is 5.25 Å². The maximum absolute atomic E-state index is 12.6. The van der Waals surface area contributed by atoms with E-state index in [9.17, 15) is 8.42 Å². The molecule has 1 atom stereocenters. The predicted molar refractivity (Wildman–Crippen MR) is 80.5 cm³/mol. The van der Waals surface area contributed by atoms with Crippen LogP contribution in [0.5, 0.6) is 0 Å². The van der Waals surface area contributed by atoms with E-state index in [4.69, 9.17) is 0 Å². The molecule has 5 nitrogen and oxygen atoms in total. The van der Waals surface area contributed by atoms with Crippen molar-refractivity contribution in [2.45, 2.75) is 43.1 Å². The van der Waals surface area contributed by atoms with Crippen LogP contribution in [0.2, 0.25) is 0 Å². The molecule has 0 amide bonds. The molecule has 1 heterocycles. The van der Waals surface area contributed by atoms with Crippen molar-refractivity contribution in [2.75, 3.05) is 0 Å². The number of aromatic nitrogens is 3. The third-order valence-electron chi connectivity index (χ3n) is 3.81. The fraction of sp³-hybridized carbons (Fsp3) is 0.467. The van der Waals surface area contributed by atoms with Gasteiger partial charge in [-0.1, -0.05) is 37.3 Å². The van der Waals surface area contributed by atoms with Gasteiger partial charge in [0.2, 0.25) is 0 Å². The number of rotatable bonds is 6. The molecule has 1 aromatic heterocycles. The summed E-state index contributed by atoms with van der Waals surface area (Å²) in [5.41, 5.74) is 0.835. The van der Waals surface area contributed by atoms with E-state index in [0.717, 1.165) is 24.2 Å². The summed E-state index contributed by atoms with van der Waals surface area (Å²) in [6.07, 6.45) is 2.76. The number of H-pyrrole nitrogens is 1. The molecule has 6 heteroatoms. The van der Waals surface area contributed by atoms with Gasteiger partial charge < -0.3 is 0 Å². The van der Waals surface area contributed by atoms with Gasteiger partial charge in [-0.25, -0.2) is 13.4 Å². The third-order valence-corrected chi connectivity index (χ3v) is 5.95. The summed E-state index contributed by atoms with van der Waals surface area (Å²) < 4.78 is 25.3. The van der Waals surface area contributed by atoms with Crippen molar-refractivity contribution < 1.29 is 8.42 Å². The Labute approximate surface area is 124 Å². The molecule has 21 heavy (non-hydrogen) atoms. The van der Waals surface area contributed by atoms with Crippen LogP contribution in [0, 0.1) is 0 Å². The van der Waals surface area contributed by atoms with Crippen LogP contribution in [0.25, 0.3) is 0 Å². The van der Waals surface area contributed by atoms with Crippen molar-refractivity contribution in [1.29, 1.82) is 0 Å². The van der Waals surface area contributed by atoms with E-state index >= 15 is 0 Å². The highest BCUT2D eigenvalue weighted by Gasteiger charge is 2.30. The Kier molecular flexibility index (Phi) is 3.80. The van der Waals surface area contributed by atoms with Gasteiger partial charge in [-0.15, -0.1) is 0 Å². The van der Waals surface area contributed by atoms with Gasteiger partial charge in [-0.05, 0) is 24.8 Å². The Morgan fingerprint density at radius 1 is 1.29 bits per heavy atom. The fourth-order valence-corrected chi connectivity index (χ4v) is 4.35. The second kappa shape index (κ2) is 5.60. The molecule has 1 aromatic carbocycles. The number of sulfone groups is 1. The zero-order valence-corrected chi connectivity index (χ0v) is 12.8. The molecular formula is C15H19N3O2S. The molecule has 1 N–H and O–H groups in total. The van der Waals surface area contributed by atoms with Crippen LogP contribution in [0.15, 0.2) is 30.3 Å².